The van der Waals surface area contributed by atoms with Gasteiger partial charge in [0, 0.05) is 27.5 Å². The van der Waals surface area contributed by atoms with Crippen molar-refractivity contribution >= 4 is 43.5 Å². The Morgan fingerprint density at radius 1 is 0.333 bits per heavy atom. The number of benzene rings is 8. The molecule has 10 aromatic rings. The van der Waals surface area contributed by atoms with Crippen molar-refractivity contribution in [2.45, 2.75) is 0 Å². The molecular formula is C47H29N3O. The maximum atomic E-state index is 6.42. The molecule has 0 fully saturated rings. The van der Waals surface area contributed by atoms with Gasteiger partial charge in [-0.3, -0.25) is 0 Å². The van der Waals surface area contributed by atoms with E-state index >= 15 is 0 Å². The molecule has 2 aromatic heterocycles. The van der Waals surface area contributed by atoms with E-state index in [2.05, 4.69) is 127 Å². The number of fused-ring (bicyclic) bond motifs is 6. The summed E-state index contributed by atoms with van der Waals surface area (Å²) in [6, 6.07) is 61.0. The van der Waals surface area contributed by atoms with Crippen LogP contribution in [0.1, 0.15) is 0 Å². The molecule has 0 amide bonds. The van der Waals surface area contributed by atoms with E-state index in [1.165, 1.54) is 21.7 Å². The summed E-state index contributed by atoms with van der Waals surface area (Å²) in [5, 5.41) is 6.78. The van der Waals surface area contributed by atoms with Crippen LogP contribution in [-0.4, -0.2) is 15.0 Å². The van der Waals surface area contributed by atoms with Crippen LogP contribution in [0, 0.1) is 0 Å². The summed E-state index contributed by atoms with van der Waals surface area (Å²) < 4.78 is 6.42. The predicted molar refractivity (Wildman–Crippen MR) is 209 cm³/mol. The van der Waals surface area contributed by atoms with E-state index in [9.17, 15) is 0 Å². The second-order valence-corrected chi connectivity index (χ2v) is 12.8. The van der Waals surface area contributed by atoms with Gasteiger partial charge in [-0.25, -0.2) is 15.0 Å². The SMILES string of the molecule is c1ccc(-c2ccc(-c3ccc4oc5ccccc5c4c3-c3nc(-c4ccccc4)nc(-c4ccc5c(ccc6ccccc65)c4)n3)cc2)cc1. The third-order valence-electron chi connectivity index (χ3n) is 9.74. The minimum atomic E-state index is 0.594. The number of para-hydroxylation sites is 1. The average molecular weight is 652 g/mol. The van der Waals surface area contributed by atoms with Crippen LogP contribution in [0.15, 0.2) is 180 Å². The molecule has 0 aliphatic carbocycles. The summed E-state index contributed by atoms with van der Waals surface area (Å²) in [7, 11) is 0. The van der Waals surface area contributed by atoms with Crippen molar-refractivity contribution in [1.29, 1.82) is 0 Å². The van der Waals surface area contributed by atoms with Gasteiger partial charge in [0.2, 0.25) is 0 Å². The van der Waals surface area contributed by atoms with Gasteiger partial charge in [-0.05, 0) is 68.1 Å². The van der Waals surface area contributed by atoms with E-state index in [1.54, 1.807) is 0 Å². The molecule has 51 heavy (non-hydrogen) atoms. The van der Waals surface area contributed by atoms with Gasteiger partial charge in [-0.2, -0.15) is 0 Å². The Bertz CT molecular complexity index is 2900. The summed E-state index contributed by atoms with van der Waals surface area (Å²) in [6.07, 6.45) is 0. The van der Waals surface area contributed by atoms with E-state index in [0.717, 1.165) is 60.7 Å². The molecule has 2 heterocycles. The van der Waals surface area contributed by atoms with Crippen molar-refractivity contribution in [3.05, 3.63) is 176 Å². The van der Waals surface area contributed by atoms with Crippen molar-refractivity contribution in [1.82, 2.24) is 15.0 Å². The highest BCUT2D eigenvalue weighted by Gasteiger charge is 2.22. The van der Waals surface area contributed by atoms with Crippen LogP contribution in [0.4, 0.5) is 0 Å². The fourth-order valence-electron chi connectivity index (χ4n) is 7.25. The van der Waals surface area contributed by atoms with Crippen molar-refractivity contribution < 1.29 is 4.42 Å². The third-order valence-corrected chi connectivity index (χ3v) is 9.74. The standard InChI is InChI=1S/C47H29N3O/c1-3-11-30(12-4-1)31-19-21-33(22-20-31)39-27-28-42-43(40-17-9-10-18-41(40)51-42)44(39)47-49-45(34-14-5-2-6-15-34)48-46(50-47)36-25-26-38-35(29-36)24-23-32-13-7-8-16-37(32)38/h1-29H. The topological polar surface area (TPSA) is 51.8 Å². The quantitative estimate of drug-likeness (QED) is 0.174. The molecule has 4 heteroatoms. The molecule has 4 nitrogen and oxygen atoms in total. The van der Waals surface area contributed by atoms with Crippen LogP contribution >= 0.6 is 0 Å². The van der Waals surface area contributed by atoms with E-state index in [4.69, 9.17) is 19.4 Å². The molecule has 0 bridgehead atoms. The molecule has 10 rings (SSSR count). The Labute approximate surface area is 294 Å². The zero-order valence-corrected chi connectivity index (χ0v) is 27.5. The first kappa shape index (κ1) is 29.0. The van der Waals surface area contributed by atoms with E-state index < -0.39 is 0 Å². The Kier molecular flexibility index (Phi) is 6.78. The molecule has 0 N–H and O–H groups in total. The lowest BCUT2D eigenvalue weighted by molar-refractivity contribution is 0.669. The number of nitrogens with zero attached hydrogens (tertiary/aromatic N) is 3. The van der Waals surface area contributed by atoms with Crippen molar-refractivity contribution in [2.24, 2.45) is 0 Å². The average Bonchev–Trinajstić information content (AvgIpc) is 3.59. The molecule has 0 atom stereocenters. The van der Waals surface area contributed by atoms with Gasteiger partial charge < -0.3 is 4.42 Å². The van der Waals surface area contributed by atoms with Gasteiger partial charge in [-0.1, -0.05) is 152 Å². The molecule has 0 unspecified atom stereocenters. The molecule has 0 saturated carbocycles. The number of rotatable bonds is 5. The van der Waals surface area contributed by atoms with Gasteiger partial charge in [0.25, 0.3) is 0 Å². The first-order chi connectivity index (χ1) is 25.3. The van der Waals surface area contributed by atoms with E-state index in [1.807, 2.05) is 48.5 Å². The minimum absolute atomic E-state index is 0.594. The molecular weight excluding hydrogens is 623 g/mol. The van der Waals surface area contributed by atoms with Crippen LogP contribution in [0.2, 0.25) is 0 Å². The number of aromatic nitrogens is 3. The number of furan rings is 1. The Morgan fingerprint density at radius 3 is 1.71 bits per heavy atom. The lowest BCUT2D eigenvalue weighted by atomic mass is 9.93. The van der Waals surface area contributed by atoms with Gasteiger partial charge in [0.05, 0.1) is 0 Å². The Hall–Kier alpha value is -6.91. The normalized spacial score (nSPS) is 11.5. The molecule has 0 aliphatic rings. The molecule has 238 valence electrons. The lowest BCUT2D eigenvalue weighted by Gasteiger charge is -2.14. The minimum Gasteiger partial charge on any atom is -0.456 e. The molecule has 0 aliphatic heterocycles. The monoisotopic (exact) mass is 651 g/mol. The smallest absolute Gasteiger partial charge is 0.165 e. The fraction of sp³-hybridized carbons (Fsp3) is 0. The van der Waals surface area contributed by atoms with Crippen LogP contribution < -0.4 is 0 Å². The fourth-order valence-corrected chi connectivity index (χ4v) is 7.25. The third kappa shape index (κ3) is 5.04. The van der Waals surface area contributed by atoms with Gasteiger partial charge in [-0.15, -0.1) is 0 Å². The maximum absolute atomic E-state index is 6.42. The van der Waals surface area contributed by atoms with Crippen LogP contribution in [0.3, 0.4) is 0 Å². The largest absolute Gasteiger partial charge is 0.456 e. The zero-order chi connectivity index (χ0) is 33.7. The molecule has 0 saturated heterocycles. The Morgan fingerprint density at radius 2 is 0.902 bits per heavy atom. The van der Waals surface area contributed by atoms with Crippen LogP contribution in [-0.2, 0) is 0 Å². The predicted octanol–water partition coefficient (Wildman–Crippen LogP) is 12.4. The summed E-state index contributed by atoms with van der Waals surface area (Å²) in [5.41, 5.74) is 8.81. The van der Waals surface area contributed by atoms with Crippen LogP contribution in [0.25, 0.3) is 99.9 Å². The van der Waals surface area contributed by atoms with Crippen LogP contribution in [0.5, 0.6) is 0 Å². The summed E-state index contributed by atoms with van der Waals surface area (Å²) in [4.78, 5) is 15.6. The second kappa shape index (κ2) is 11.9. The summed E-state index contributed by atoms with van der Waals surface area (Å²) in [5.74, 6) is 1.82. The van der Waals surface area contributed by atoms with E-state index in [-0.39, 0.29) is 0 Å². The highest BCUT2D eigenvalue weighted by Crippen LogP contribution is 2.43. The van der Waals surface area contributed by atoms with Gasteiger partial charge >= 0.3 is 0 Å². The van der Waals surface area contributed by atoms with Gasteiger partial charge in [0.15, 0.2) is 17.5 Å². The van der Waals surface area contributed by atoms with Crippen molar-refractivity contribution in [3.8, 4) is 56.4 Å². The number of hydrogen-bond donors (Lipinski definition) is 0. The first-order valence-corrected chi connectivity index (χ1v) is 17.1. The van der Waals surface area contributed by atoms with Crippen molar-refractivity contribution in [2.75, 3.05) is 0 Å². The first-order valence-electron chi connectivity index (χ1n) is 17.1. The number of hydrogen-bond acceptors (Lipinski definition) is 4. The maximum Gasteiger partial charge on any atom is 0.165 e. The molecule has 0 radical (unpaired) electrons. The highest BCUT2D eigenvalue weighted by atomic mass is 16.3. The summed E-state index contributed by atoms with van der Waals surface area (Å²) >= 11 is 0. The highest BCUT2D eigenvalue weighted by molar-refractivity contribution is 6.15. The molecule has 8 aromatic carbocycles. The van der Waals surface area contributed by atoms with E-state index in [0.29, 0.717) is 17.5 Å². The Balaban J connectivity index is 1.23. The van der Waals surface area contributed by atoms with Gasteiger partial charge in [0.1, 0.15) is 11.2 Å². The zero-order valence-electron chi connectivity index (χ0n) is 27.5. The van der Waals surface area contributed by atoms with Crippen molar-refractivity contribution in [3.63, 3.8) is 0 Å². The molecule has 0 spiro atoms. The second-order valence-electron chi connectivity index (χ2n) is 12.8. The summed E-state index contributed by atoms with van der Waals surface area (Å²) in [6.45, 7) is 0. The lowest BCUT2D eigenvalue weighted by Crippen LogP contribution is -2.01.